The largest absolute Gasteiger partial charge is 0.396 e. The van der Waals surface area contributed by atoms with Gasteiger partial charge in [0, 0.05) is 35.3 Å². The second kappa shape index (κ2) is 7.43. The van der Waals surface area contributed by atoms with Crippen molar-refractivity contribution < 1.29 is 5.11 Å². The van der Waals surface area contributed by atoms with Crippen LogP contribution in [-0.4, -0.2) is 28.0 Å². The van der Waals surface area contributed by atoms with E-state index in [1.807, 2.05) is 30.5 Å². The third-order valence-electron chi connectivity index (χ3n) is 3.27. The molecule has 1 heterocycles. The Labute approximate surface area is 124 Å². The number of aliphatic hydroxyl groups excluding tert-OH is 1. The first-order chi connectivity index (χ1) is 9.70. The number of aliphatic hydroxyl groups is 1. The number of H-pyrrole nitrogens is 1. The van der Waals surface area contributed by atoms with Gasteiger partial charge < -0.3 is 10.4 Å². The predicted octanol–water partition coefficient (Wildman–Crippen LogP) is 2.98. The quantitative estimate of drug-likeness (QED) is 0.735. The molecule has 0 saturated carbocycles. The molecule has 4 nitrogen and oxygen atoms in total. The van der Waals surface area contributed by atoms with E-state index < -0.39 is 0 Å². The summed E-state index contributed by atoms with van der Waals surface area (Å²) in [6, 6.07) is 8.09. The lowest BCUT2D eigenvalue weighted by Gasteiger charge is -2.13. The number of aromatic amines is 1. The van der Waals surface area contributed by atoms with E-state index in [1.54, 1.807) is 0 Å². The van der Waals surface area contributed by atoms with Gasteiger partial charge in [0.2, 0.25) is 0 Å². The third-order valence-corrected chi connectivity index (χ3v) is 3.50. The van der Waals surface area contributed by atoms with Crippen molar-refractivity contribution in [3.63, 3.8) is 0 Å². The zero-order chi connectivity index (χ0) is 14.4. The number of hydrogen-bond donors (Lipinski definition) is 3. The molecule has 0 spiro atoms. The molecule has 20 heavy (non-hydrogen) atoms. The molecule has 3 N–H and O–H groups in total. The summed E-state index contributed by atoms with van der Waals surface area (Å²) in [5, 5.41) is 20.1. The number of hydrogen-bond acceptors (Lipinski definition) is 3. The first-order valence-corrected chi connectivity index (χ1v) is 7.21. The van der Waals surface area contributed by atoms with Gasteiger partial charge in [-0.15, -0.1) is 0 Å². The van der Waals surface area contributed by atoms with Crippen molar-refractivity contribution in [2.45, 2.75) is 32.4 Å². The summed E-state index contributed by atoms with van der Waals surface area (Å²) < 4.78 is 0. The Morgan fingerprint density at radius 2 is 2.30 bits per heavy atom. The summed E-state index contributed by atoms with van der Waals surface area (Å²) in [5.41, 5.74) is 3.15. The molecular weight excluding hydrogens is 274 g/mol. The van der Waals surface area contributed by atoms with E-state index in [4.69, 9.17) is 16.7 Å². The van der Waals surface area contributed by atoms with E-state index in [-0.39, 0.29) is 6.61 Å². The Morgan fingerprint density at radius 1 is 1.45 bits per heavy atom. The lowest BCUT2D eigenvalue weighted by atomic mass is 10.1. The van der Waals surface area contributed by atoms with Gasteiger partial charge in [0.15, 0.2) is 0 Å². The van der Waals surface area contributed by atoms with E-state index in [0.29, 0.717) is 11.1 Å². The van der Waals surface area contributed by atoms with E-state index in [0.717, 1.165) is 36.2 Å². The standard InChI is InChI=1S/C15H20ClN3O/c1-11(4-3-7-20)17-9-13-10-18-19-15(13)12-5-2-6-14(16)8-12/h2,5-6,8,10-11,17,20H,3-4,7,9H2,1H3,(H,18,19). The number of benzene rings is 1. The van der Waals surface area contributed by atoms with Gasteiger partial charge in [-0.3, -0.25) is 5.10 Å². The Morgan fingerprint density at radius 3 is 3.05 bits per heavy atom. The minimum Gasteiger partial charge on any atom is -0.396 e. The third kappa shape index (κ3) is 4.07. The molecule has 0 bridgehead atoms. The minimum absolute atomic E-state index is 0.242. The van der Waals surface area contributed by atoms with Crippen molar-refractivity contribution in [3.05, 3.63) is 41.0 Å². The highest BCUT2D eigenvalue weighted by Crippen LogP contribution is 2.23. The molecule has 1 atom stereocenters. The van der Waals surface area contributed by atoms with E-state index in [2.05, 4.69) is 22.4 Å². The van der Waals surface area contributed by atoms with Crippen molar-refractivity contribution in [1.29, 1.82) is 0 Å². The van der Waals surface area contributed by atoms with Crippen LogP contribution >= 0.6 is 11.6 Å². The lowest BCUT2D eigenvalue weighted by molar-refractivity contribution is 0.276. The van der Waals surface area contributed by atoms with Gasteiger partial charge in [0.25, 0.3) is 0 Å². The Bertz CT molecular complexity index is 541. The number of aromatic nitrogens is 2. The highest BCUT2D eigenvalue weighted by Gasteiger charge is 2.09. The molecule has 0 aliphatic rings. The van der Waals surface area contributed by atoms with Crippen LogP contribution in [0.5, 0.6) is 0 Å². The minimum atomic E-state index is 0.242. The van der Waals surface area contributed by atoms with Crippen LogP contribution in [-0.2, 0) is 6.54 Å². The van der Waals surface area contributed by atoms with Gasteiger partial charge in [0.05, 0.1) is 11.9 Å². The van der Waals surface area contributed by atoms with Crippen LogP contribution < -0.4 is 5.32 Å². The van der Waals surface area contributed by atoms with Gasteiger partial charge in [-0.2, -0.15) is 5.10 Å². The Hall–Kier alpha value is -1.36. The van der Waals surface area contributed by atoms with E-state index in [1.165, 1.54) is 0 Å². The fourth-order valence-electron chi connectivity index (χ4n) is 2.12. The molecule has 2 aromatic rings. The maximum atomic E-state index is 8.83. The summed E-state index contributed by atoms with van der Waals surface area (Å²) in [7, 11) is 0. The molecule has 0 saturated heterocycles. The summed E-state index contributed by atoms with van der Waals surface area (Å²) >= 11 is 6.03. The van der Waals surface area contributed by atoms with Crippen molar-refractivity contribution >= 4 is 11.6 Å². The first kappa shape index (κ1) is 15.0. The molecule has 1 aromatic carbocycles. The van der Waals surface area contributed by atoms with Crippen LogP contribution in [0.2, 0.25) is 5.02 Å². The molecule has 0 fully saturated rings. The van der Waals surface area contributed by atoms with Crippen molar-refractivity contribution in [2.24, 2.45) is 0 Å². The van der Waals surface area contributed by atoms with Crippen LogP contribution in [0.1, 0.15) is 25.3 Å². The SMILES string of the molecule is CC(CCCO)NCc1cn[nH]c1-c1cccc(Cl)c1. The number of halogens is 1. The lowest BCUT2D eigenvalue weighted by Crippen LogP contribution is -2.25. The smallest absolute Gasteiger partial charge is 0.0695 e. The van der Waals surface area contributed by atoms with Crippen molar-refractivity contribution in [2.75, 3.05) is 6.61 Å². The molecular formula is C15H20ClN3O. The second-order valence-corrected chi connectivity index (χ2v) is 5.36. The predicted molar refractivity (Wildman–Crippen MR) is 81.7 cm³/mol. The summed E-state index contributed by atoms with van der Waals surface area (Å²) in [6.07, 6.45) is 3.61. The molecule has 108 valence electrons. The van der Waals surface area contributed by atoms with Gasteiger partial charge in [-0.1, -0.05) is 23.7 Å². The summed E-state index contributed by atoms with van der Waals surface area (Å²) in [6.45, 7) is 3.10. The van der Waals surface area contributed by atoms with Crippen LogP contribution in [0.4, 0.5) is 0 Å². The molecule has 1 unspecified atom stereocenters. The fourth-order valence-corrected chi connectivity index (χ4v) is 2.31. The molecule has 1 aromatic heterocycles. The number of nitrogens with one attached hydrogen (secondary N) is 2. The van der Waals surface area contributed by atoms with Crippen molar-refractivity contribution in [1.82, 2.24) is 15.5 Å². The van der Waals surface area contributed by atoms with Gasteiger partial charge >= 0.3 is 0 Å². The number of rotatable bonds is 7. The van der Waals surface area contributed by atoms with E-state index in [9.17, 15) is 0 Å². The highest BCUT2D eigenvalue weighted by molar-refractivity contribution is 6.30. The van der Waals surface area contributed by atoms with Gasteiger partial charge in [0.1, 0.15) is 0 Å². The molecule has 0 aliphatic heterocycles. The van der Waals surface area contributed by atoms with Crippen LogP contribution in [0, 0.1) is 0 Å². The molecule has 0 aliphatic carbocycles. The van der Waals surface area contributed by atoms with Crippen LogP contribution in [0.15, 0.2) is 30.5 Å². The zero-order valence-electron chi connectivity index (χ0n) is 11.6. The molecule has 5 heteroatoms. The monoisotopic (exact) mass is 293 g/mol. The maximum absolute atomic E-state index is 8.83. The highest BCUT2D eigenvalue weighted by atomic mass is 35.5. The maximum Gasteiger partial charge on any atom is 0.0695 e. The molecule has 0 radical (unpaired) electrons. The van der Waals surface area contributed by atoms with Gasteiger partial charge in [-0.05, 0) is 31.9 Å². The summed E-state index contributed by atoms with van der Waals surface area (Å²) in [4.78, 5) is 0. The average Bonchev–Trinajstić information content (AvgIpc) is 2.91. The Balaban J connectivity index is 2.02. The second-order valence-electron chi connectivity index (χ2n) is 4.93. The van der Waals surface area contributed by atoms with Crippen LogP contribution in [0.3, 0.4) is 0 Å². The normalized spacial score (nSPS) is 12.6. The van der Waals surface area contributed by atoms with Gasteiger partial charge in [-0.25, -0.2) is 0 Å². The molecule has 0 amide bonds. The first-order valence-electron chi connectivity index (χ1n) is 6.83. The van der Waals surface area contributed by atoms with Crippen LogP contribution in [0.25, 0.3) is 11.3 Å². The van der Waals surface area contributed by atoms with Crippen molar-refractivity contribution in [3.8, 4) is 11.3 Å². The summed E-state index contributed by atoms with van der Waals surface area (Å²) in [5.74, 6) is 0. The zero-order valence-corrected chi connectivity index (χ0v) is 12.3. The molecule has 2 rings (SSSR count). The average molecular weight is 294 g/mol. The Kier molecular flexibility index (Phi) is 5.59. The topological polar surface area (TPSA) is 60.9 Å². The fraction of sp³-hybridized carbons (Fsp3) is 0.400. The number of nitrogens with zero attached hydrogens (tertiary/aromatic N) is 1. The van der Waals surface area contributed by atoms with E-state index >= 15 is 0 Å².